The number of nitrogens with two attached hydrogens (primary N) is 1. The van der Waals surface area contributed by atoms with E-state index in [1.54, 1.807) is 0 Å². The van der Waals surface area contributed by atoms with Crippen molar-refractivity contribution in [2.45, 2.75) is 26.4 Å². The summed E-state index contributed by atoms with van der Waals surface area (Å²) in [4.78, 5) is 8.39. The van der Waals surface area contributed by atoms with Crippen LogP contribution in [0.4, 0.5) is 5.13 Å². The minimum absolute atomic E-state index is 0.155. The summed E-state index contributed by atoms with van der Waals surface area (Å²) in [7, 11) is 0. The summed E-state index contributed by atoms with van der Waals surface area (Å²) in [6, 6.07) is 0. The molecule has 0 fully saturated rings. The number of thiazole rings is 1. The van der Waals surface area contributed by atoms with Gasteiger partial charge < -0.3 is 15.0 Å². The van der Waals surface area contributed by atoms with Crippen LogP contribution < -0.4 is 5.73 Å². The lowest BCUT2D eigenvalue weighted by atomic mass is 10.3. The lowest BCUT2D eigenvalue weighted by molar-refractivity contribution is 0.0683. The van der Waals surface area contributed by atoms with E-state index in [1.165, 1.54) is 11.3 Å². The number of ether oxygens (including phenoxy) is 1. The zero-order valence-electron chi connectivity index (χ0n) is 9.71. The second kappa shape index (κ2) is 5.24. The van der Waals surface area contributed by atoms with Crippen LogP contribution >= 0.6 is 11.3 Å². The van der Waals surface area contributed by atoms with E-state index < -0.39 is 0 Å². The third-order valence-electron chi connectivity index (χ3n) is 2.17. The van der Waals surface area contributed by atoms with Gasteiger partial charge in [-0.05, 0) is 13.8 Å². The predicted octanol–water partition coefficient (Wildman–Crippen LogP) is 1.80. The van der Waals surface area contributed by atoms with E-state index in [9.17, 15) is 0 Å². The Morgan fingerprint density at radius 2 is 2.35 bits per heavy atom. The van der Waals surface area contributed by atoms with Crippen molar-refractivity contribution >= 4 is 16.5 Å². The number of hydrogen-bond acceptors (Lipinski definition) is 7. The second-order valence-corrected chi connectivity index (χ2v) is 4.39. The van der Waals surface area contributed by atoms with Gasteiger partial charge >= 0.3 is 0 Å². The Labute approximate surface area is 103 Å². The van der Waals surface area contributed by atoms with Gasteiger partial charge in [0.25, 0.3) is 0 Å². The van der Waals surface area contributed by atoms with E-state index in [-0.39, 0.29) is 6.10 Å². The first kappa shape index (κ1) is 12.0. The van der Waals surface area contributed by atoms with Crippen molar-refractivity contribution in [2.75, 3.05) is 12.3 Å². The van der Waals surface area contributed by atoms with Crippen molar-refractivity contribution in [1.29, 1.82) is 0 Å². The molecule has 2 rings (SSSR count). The van der Waals surface area contributed by atoms with Gasteiger partial charge in [-0.15, -0.1) is 11.3 Å². The van der Waals surface area contributed by atoms with Crippen LogP contribution in [0, 0.1) is 0 Å². The van der Waals surface area contributed by atoms with Crippen LogP contribution in [0.5, 0.6) is 0 Å². The van der Waals surface area contributed by atoms with Crippen LogP contribution in [0.25, 0.3) is 0 Å². The molecular formula is C10H14N4O2S. The molecule has 0 aromatic carbocycles. The maximum atomic E-state index is 5.55. The average Bonchev–Trinajstić information content (AvgIpc) is 2.89. The second-order valence-electron chi connectivity index (χ2n) is 3.50. The third kappa shape index (κ3) is 3.01. The van der Waals surface area contributed by atoms with E-state index in [4.69, 9.17) is 15.0 Å². The quantitative estimate of drug-likeness (QED) is 0.875. The lowest BCUT2D eigenvalue weighted by Crippen LogP contribution is -2.01. The fourth-order valence-corrected chi connectivity index (χ4v) is 1.95. The number of rotatable bonds is 5. The smallest absolute Gasteiger partial charge is 0.232 e. The molecule has 92 valence electrons. The molecule has 2 heterocycles. The van der Waals surface area contributed by atoms with Crippen LogP contribution in [0.15, 0.2) is 9.90 Å². The number of nitrogen functional groups attached to an aromatic ring is 1. The highest BCUT2D eigenvalue weighted by Crippen LogP contribution is 2.17. The van der Waals surface area contributed by atoms with Gasteiger partial charge in [-0.3, -0.25) is 0 Å². The molecule has 1 atom stereocenters. The molecule has 0 saturated carbocycles. The fraction of sp³-hybridized carbons (Fsp3) is 0.500. The zero-order chi connectivity index (χ0) is 12.3. The molecule has 0 aliphatic carbocycles. The molecule has 17 heavy (non-hydrogen) atoms. The van der Waals surface area contributed by atoms with E-state index in [0.29, 0.717) is 29.9 Å². The van der Waals surface area contributed by atoms with E-state index >= 15 is 0 Å². The van der Waals surface area contributed by atoms with Crippen molar-refractivity contribution in [1.82, 2.24) is 15.1 Å². The Bertz CT molecular complexity index is 482. The largest absolute Gasteiger partial charge is 0.375 e. The van der Waals surface area contributed by atoms with Gasteiger partial charge in [-0.2, -0.15) is 4.98 Å². The topological polar surface area (TPSA) is 87.1 Å². The van der Waals surface area contributed by atoms with Crippen LogP contribution in [0.3, 0.4) is 0 Å². The van der Waals surface area contributed by atoms with E-state index in [2.05, 4.69) is 15.1 Å². The molecule has 0 aliphatic rings. The van der Waals surface area contributed by atoms with Crippen LogP contribution in [0.2, 0.25) is 0 Å². The highest BCUT2D eigenvalue weighted by atomic mass is 32.1. The molecule has 0 bridgehead atoms. The first-order chi connectivity index (χ1) is 8.19. The minimum Gasteiger partial charge on any atom is -0.375 e. The lowest BCUT2D eigenvalue weighted by Gasteiger charge is -2.04. The van der Waals surface area contributed by atoms with Crippen molar-refractivity contribution in [3.8, 4) is 0 Å². The molecule has 2 aromatic heterocycles. The molecule has 6 nitrogen and oxygen atoms in total. The Morgan fingerprint density at radius 1 is 1.53 bits per heavy atom. The molecular weight excluding hydrogens is 240 g/mol. The summed E-state index contributed by atoms with van der Waals surface area (Å²) < 4.78 is 10.5. The SMILES string of the molecule is CCOC(C)c1noc(Cc2csc(N)n2)n1. The molecule has 1 unspecified atom stereocenters. The molecule has 2 N–H and O–H groups in total. The maximum absolute atomic E-state index is 5.55. The number of nitrogens with zero attached hydrogens (tertiary/aromatic N) is 3. The summed E-state index contributed by atoms with van der Waals surface area (Å²) in [5.41, 5.74) is 6.39. The average molecular weight is 254 g/mol. The molecule has 7 heteroatoms. The van der Waals surface area contributed by atoms with E-state index in [0.717, 1.165) is 5.69 Å². The maximum Gasteiger partial charge on any atom is 0.232 e. The van der Waals surface area contributed by atoms with Gasteiger partial charge in [0, 0.05) is 12.0 Å². The van der Waals surface area contributed by atoms with Gasteiger partial charge in [-0.1, -0.05) is 5.16 Å². The molecule has 0 spiro atoms. The summed E-state index contributed by atoms with van der Waals surface area (Å²) >= 11 is 1.40. The zero-order valence-corrected chi connectivity index (χ0v) is 10.5. The monoisotopic (exact) mass is 254 g/mol. The van der Waals surface area contributed by atoms with Crippen molar-refractivity contribution in [2.24, 2.45) is 0 Å². The molecule has 2 aromatic rings. The molecule has 0 aliphatic heterocycles. The Morgan fingerprint density at radius 3 is 3.00 bits per heavy atom. The standard InChI is InChI=1S/C10H14N4O2S/c1-3-15-6(2)9-13-8(16-14-9)4-7-5-17-10(11)12-7/h5-6H,3-4H2,1-2H3,(H2,11,12). The summed E-state index contributed by atoms with van der Waals surface area (Å²) in [5.74, 6) is 1.09. The first-order valence-electron chi connectivity index (χ1n) is 5.33. The van der Waals surface area contributed by atoms with Crippen molar-refractivity contribution in [3.05, 3.63) is 22.8 Å². The Kier molecular flexibility index (Phi) is 3.70. The summed E-state index contributed by atoms with van der Waals surface area (Å²) in [6.45, 7) is 4.43. The van der Waals surface area contributed by atoms with Gasteiger partial charge in [0.1, 0.15) is 6.10 Å². The van der Waals surface area contributed by atoms with Gasteiger partial charge in [0.15, 0.2) is 11.0 Å². The predicted molar refractivity (Wildman–Crippen MR) is 63.7 cm³/mol. The fourth-order valence-electron chi connectivity index (χ4n) is 1.39. The van der Waals surface area contributed by atoms with E-state index in [1.807, 2.05) is 19.2 Å². The summed E-state index contributed by atoms with van der Waals surface area (Å²) in [6.07, 6.45) is 0.345. The third-order valence-corrected chi connectivity index (χ3v) is 2.89. The Hall–Kier alpha value is -1.47. The highest BCUT2D eigenvalue weighted by Gasteiger charge is 2.14. The van der Waals surface area contributed by atoms with Crippen LogP contribution in [0.1, 0.15) is 37.4 Å². The van der Waals surface area contributed by atoms with Crippen LogP contribution in [-0.4, -0.2) is 21.7 Å². The number of aromatic nitrogens is 3. The first-order valence-corrected chi connectivity index (χ1v) is 6.21. The van der Waals surface area contributed by atoms with Crippen molar-refractivity contribution < 1.29 is 9.26 Å². The Balaban J connectivity index is 2.03. The summed E-state index contributed by atoms with van der Waals surface area (Å²) in [5, 5.41) is 6.29. The molecule has 0 amide bonds. The normalized spacial score (nSPS) is 12.8. The van der Waals surface area contributed by atoms with Crippen LogP contribution in [-0.2, 0) is 11.2 Å². The van der Waals surface area contributed by atoms with Gasteiger partial charge in [0.2, 0.25) is 5.89 Å². The van der Waals surface area contributed by atoms with Gasteiger partial charge in [0.05, 0.1) is 12.1 Å². The van der Waals surface area contributed by atoms with Gasteiger partial charge in [-0.25, -0.2) is 4.98 Å². The number of anilines is 1. The number of hydrogen-bond donors (Lipinski definition) is 1. The molecule has 0 radical (unpaired) electrons. The molecule has 0 saturated heterocycles. The highest BCUT2D eigenvalue weighted by molar-refractivity contribution is 7.13. The minimum atomic E-state index is -0.155. The van der Waals surface area contributed by atoms with Crippen molar-refractivity contribution in [3.63, 3.8) is 0 Å².